The molecule has 2 aromatic rings. The largest absolute Gasteiger partial charge is 0.340 e. The van der Waals surface area contributed by atoms with Gasteiger partial charge in [-0.1, -0.05) is 42.5 Å². The van der Waals surface area contributed by atoms with Crippen LogP contribution in [-0.4, -0.2) is 62.2 Å². The van der Waals surface area contributed by atoms with Gasteiger partial charge in [-0.3, -0.25) is 9.59 Å². The minimum Gasteiger partial charge on any atom is -0.340 e. The number of rotatable bonds is 5. The third-order valence-electron chi connectivity index (χ3n) is 5.75. The lowest BCUT2D eigenvalue weighted by Crippen LogP contribution is -2.52. The maximum atomic E-state index is 14.1. The Balaban J connectivity index is 1.35. The predicted octanol–water partition coefficient (Wildman–Crippen LogP) is 1.85. The second kappa shape index (κ2) is 8.76. The third kappa shape index (κ3) is 4.62. The normalized spacial score (nSPS) is 20.3. The molecular formula is C22H24FN3O4S. The van der Waals surface area contributed by atoms with Gasteiger partial charge in [-0.15, -0.1) is 0 Å². The van der Waals surface area contributed by atoms with Crippen LogP contribution in [0.5, 0.6) is 0 Å². The number of benzene rings is 2. The second-order valence-electron chi connectivity index (χ2n) is 7.82. The van der Waals surface area contributed by atoms with Gasteiger partial charge in [-0.2, -0.15) is 4.31 Å². The molecule has 2 saturated heterocycles. The molecule has 2 aliphatic rings. The van der Waals surface area contributed by atoms with Crippen LogP contribution in [0.2, 0.25) is 0 Å². The lowest BCUT2D eigenvalue weighted by atomic mass is 10.1. The van der Waals surface area contributed by atoms with Crippen LogP contribution in [-0.2, 0) is 25.4 Å². The molecule has 2 amide bonds. The van der Waals surface area contributed by atoms with Crippen LogP contribution < -0.4 is 4.90 Å². The number of anilines is 1. The second-order valence-corrected chi connectivity index (χ2v) is 9.79. The van der Waals surface area contributed by atoms with Crippen molar-refractivity contribution in [3.8, 4) is 0 Å². The average Bonchev–Trinajstić information content (AvgIpc) is 3.15. The first-order chi connectivity index (χ1) is 14.8. The molecule has 0 radical (unpaired) electrons. The van der Waals surface area contributed by atoms with Crippen molar-refractivity contribution >= 4 is 27.5 Å². The number of amides is 2. The van der Waals surface area contributed by atoms with Crippen LogP contribution in [0.3, 0.4) is 0 Å². The van der Waals surface area contributed by atoms with Gasteiger partial charge >= 0.3 is 0 Å². The smallest absolute Gasteiger partial charge is 0.228 e. The quantitative estimate of drug-likeness (QED) is 0.704. The van der Waals surface area contributed by atoms with Crippen LogP contribution in [0.25, 0.3) is 0 Å². The molecule has 2 heterocycles. The monoisotopic (exact) mass is 445 g/mol. The molecule has 0 spiro atoms. The number of hydrogen-bond acceptors (Lipinski definition) is 4. The van der Waals surface area contributed by atoms with E-state index >= 15 is 0 Å². The molecule has 164 valence electrons. The molecule has 0 N–H and O–H groups in total. The Morgan fingerprint density at radius 3 is 2.29 bits per heavy atom. The summed E-state index contributed by atoms with van der Waals surface area (Å²) >= 11 is 0. The van der Waals surface area contributed by atoms with Crippen molar-refractivity contribution in [2.45, 2.75) is 12.2 Å². The zero-order valence-corrected chi connectivity index (χ0v) is 17.8. The number of sulfonamides is 1. The van der Waals surface area contributed by atoms with E-state index in [1.807, 2.05) is 6.07 Å². The first kappa shape index (κ1) is 21.5. The SMILES string of the molecule is O=C([C@@H]1CC(=O)N(c2ccccc2F)C1)N1CCN(S(=O)(=O)Cc2ccccc2)CC1. The molecule has 9 heteroatoms. The van der Waals surface area contributed by atoms with Gasteiger partial charge in [0.15, 0.2) is 0 Å². The number of hydrogen-bond donors (Lipinski definition) is 0. The lowest BCUT2D eigenvalue weighted by molar-refractivity contribution is -0.136. The van der Waals surface area contributed by atoms with E-state index in [0.717, 1.165) is 5.56 Å². The summed E-state index contributed by atoms with van der Waals surface area (Å²) in [6.45, 7) is 1.12. The Labute approximate surface area is 181 Å². The number of para-hydroxylation sites is 1. The number of nitrogens with zero attached hydrogens (tertiary/aromatic N) is 3. The number of piperazine rings is 1. The standard InChI is InChI=1S/C22H24FN3O4S/c23-19-8-4-5-9-20(19)26-15-18(14-21(26)27)22(28)24-10-12-25(13-11-24)31(29,30)16-17-6-2-1-3-7-17/h1-9,18H,10-16H2/t18-/m1/s1. The van der Waals surface area contributed by atoms with Crippen LogP contribution in [0.4, 0.5) is 10.1 Å². The first-order valence-corrected chi connectivity index (χ1v) is 11.8. The molecule has 2 aromatic carbocycles. The number of carbonyl (C=O) groups excluding carboxylic acids is 2. The van der Waals surface area contributed by atoms with Gasteiger partial charge < -0.3 is 9.80 Å². The zero-order valence-electron chi connectivity index (χ0n) is 17.0. The van der Waals surface area contributed by atoms with Crippen molar-refractivity contribution < 1.29 is 22.4 Å². The van der Waals surface area contributed by atoms with Crippen LogP contribution >= 0.6 is 0 Å². The summed E-state index contributed by atoms with van der Waals surface area (Å²) in [7, 11) is -3.47. The Hall–Kier alpha value is -2.78. The highest BCUT2D eigenvalue weighted by Gasteiger charge is 2.39. The number of carbonyl (C=O) groups is 2. The van der Waals surface area contributed by atoms with E-state index in [-0.39, 0.29) is 62.4 Å². The van der Waals surface area contributed by atoms with Gasteiger partial charge in [-0.05, 0) is 17.7 Å². The minimum atomic E-state index is -3.47. The van der Waals surface area contributed by atoms with E-state index in [0.29, 0.717) is 0 Å². The third-order valence-corrected chi connectivity index (χ3v) is 7.60. The maximum Gasteiger partial charge on any atom is 0.228 e. The fraction of sp³-hybridized carbons (Fsp3) is 0.364. The Bertz CT molecular complexity index is 1070. The van der Waals surface area contributed by atoms with Crippen molar-refractivity contribution in [2.24, 2.45) is 5.92 Å². The Kier molecular flexibility index (Phi) is 6.06. The lowest BCUT2D eigenvalue weighted by Gasteiger charge is -2.35. The van der Waals surface area contributed by atoms with Crippen LogP contribution in [0.1, 0.15) is 12.0 Å². The highest BCUT2D eigenvalue weighted by atomic mass is 32.2. The van der Waals surface area contributed by atoms with Crippen molar-refractivity contribution in [2.75, 3.05) is 37.6 Å². The summed E-state index contributed by atoms with van der Waals surface area (Å²) in [5.74, 6) is -1.60. The van der Waals surface area contributed by atoms with Crippen LogP contribution in [0, 0.1) is 11.7 Å². The van der Waals surface area contributed by atoms with Crippen LogP contribution in [0.15, 0.2) is 54.6 Å². The maximum absolute atomic E-state index is 14.1. The predicted molar refractivity (Wildman–Crippen MR) is 114 cm³/mol. The summed E-state index contributed by atoms with van der Waals surface area (Å²) in [5.41, 5.74) is 0.901. The Morgan fingerprint density at radius 1 is 0.968 bits per heavy atom. The molecule has 2 fully saturated rings. The van der Waals surface area contributed by atoms with Gasteiger partial charge in [0.05, 0.1) is 17.4 Å². The highest BCUT2D eigenvalue weighted by Crippen LogP contribution is 2.28. The summed E-state index contributed by atoms with van der Waals surface area (Å²) in [4.78, 5) is 28.2. The van der Waals surface area contributed by atoms with Gasteiger partial charge in [0, 0.05) is 39.1 Å². The molecule has 0 unspecified atom stereocenters. The van der Waals surface area contributed by atoms with E-state index in [1.165, 1.54) is 21.3 Å². The molecular weight excluding hydrogens is 421 g/mol. The molecule has 31 heavy (non-hydrogen) atoms. The summed E-state index contributed by atoms with van der Waals surface area (Å²) in [6, 6.07) is 15.0. The van der Waals surface area contributed by atoms with Gasteiger partial charge in [0.2, 0.25) is 21.8 Å². The van der Waals surface area contributed by atoms with E-state index in [2.05, 4.69) is 0 Å². The molecule has 0 aromatic heterocycles. The van der Waals surface area contributed by atoms with Crippen molar-refractivity contribution in [3.05, 3.63) is 66.0 Å². The average molecular weight is 446 g/mol. The molecule has 7 nitrogen and oxygen atoms in total. The zero-order chi connectivity index (χ0) is 22.0. The highest BCUT2D eigenvalue weighted by molar-refractivity contribution is 7.88. The summed E-state index contributed by atoms with van der Waals surface area (Å²) < 4.78 is 40.9. The molecule has 0 bridgehead atoms. The van der Waals surface area contributed by atoms with E-state index in [4.69, 9.17) is 0 Å². The molecule has 0 aliphatic carbocycles. The first-order valence-electron chi connectivity index (χ1n) is 10.2. The Morgan fingerprint density at radius 2 is 1.61 bits per heavy atom. The fourth-order valence-electron chi connectivity index (χ4n) is 4.10. The molecule has 0 saturated carbocycles. The van der Waals surface area contributed by atoms with E-state index in [1.54, 1.807) is 41.3 Å². The van der Waals surface area contributed by atoms with Gasteiger partial charge in [-0.25, -0.2) is 12.8 Å². The summed E-state index contributed by atoms with van der Waals surface area (Å²) in [5, 5.41) is 0. The van der Waals surface area contributed by atoms with Crippen molar-refractivity contribution in [1.82, 2.24) is 9.21 Å². The number of halogens is 1. The van der Waals surface area contributed by atoms with E-state index < -0.39 is 21.8 Å². The molecule has 1 atom stereocenters. The van der Waals surface area contributed by atoms with Gasteiger partial charge in [0.25, 0.3) is 0 Å². The minimum absolute atomic E-state index is 0.0275. The van der Waals surface area contributed by atoms with Crippen molar-refractivity contribution in [1.29, 1.82) is 0 Å². The van der Waals surface area contributed by atoms with Crippen molar-refractivity contribution in [3.63, 3.8) is 0 Å². The molecule has 4 rings (SSSR count). The van der Waals surface area contributed by atoms with Gasteiger partial charge in [0.1, 0.15) is 5.82 Å². The topological polar surface area (TPSA) is 78.0 Å². The molecule has 2 aliphatic heterocycles. The van der Waals surface area contributed by atoms with E-state index in [9.17, 15) is 22.4 Å². The fourth-order valence-corrected chi connectivity index (χ4v) is 5.61. The summed E-state index contributed by atoms with van der Waals surface area (Å²) in [6.07, 6.45) is 0.0275.